The van der Waals surface area contributed by atoms with Gasteiger partial charge in [0.25, 0.3) is 0 Å². The van der Waals surface area contributed by atoms with Crippen LogP contribution in [0.4, 0.5) is 0 Å². The molecule has 1 atom stereocenters. The third-order valence-corrected chi connectivity index (χ3v) is 5.20. The van der Waals surface area contributed by atoms with Crippen LogP contribution in [0.1, 0.15) is 45.4 Å². The lowest BCUT2D eigenvalue weighted by atomic mass is 9.87. The van der Waals surface area contributed by atoms with Gasteiger partial charge in [0.1, 0.15) is 0 Å². The van der Waals surface area contributed by atoms with Crippen molar-refractivity contribution in [2.24, 2.45) is 11.7 Å². The van der Waals surface area contributed by atoms with Crippen molar-refractivity contribution in [3.63, 3.8) is 0 Å². The van der Waals surface area contributed by atoms with E-state index in [1.165, 1.54) is 32.1 Å². The van der Waals surface area contributed by atoms with E-state index < -0.39 is 10.8 Å². The SMILES string of the molecule is CCC1CCC(S(=O)CCCN)CC1. The van der Waals surface area contributed by atoms with Gasteiger partial charge in [-0.25, -0.2) is 0 Å². The Bertz CT molecular complexity index is 176. The van der Waals surface area contributed by atoms with Crippen LogP contribution in [0, 0.1) is 5.92 Å². The Morgan fingerprint density at radius 3 is 2.43 bits per heavy atom. The van der Waals surface area contributed by atoms with Crippen LogP contribution in [0.2, 0.25) is 0 Å². The molecule has 0 aromatic rings. The number of nitrogens with two attached hydrogens (primary N) is 1. The molecule has 0 heterocycles. The van der Waals surface area contributed by atoms with Crippen molar-refractivity contribution >= 4 is 10.8 Å². The second-order valence-electron chi connectivity index (χ2n) is 4.28. The van der Waals surface area contributed by atoms with Gasteiger partial charge in [0, 0.05) is 21.8 Å². The first-order chi connectivity index (χ1) is 6.77. The van der Waals surface area contributed by atoms with Crippen LogP contribution >= 0.6 is 0 Å². The molecule has 1 unspecified atom stereocenters. The maximum atomic E-state index is 11.8. The Morgan fingerprint density at radius 2 is 1.93 bits per heavy atom. The van der Waals surface area contributed by atoms with Crippen molar-refractivity contribution < 1.29 is 4.21 Å². The highest BCUT2D eigenvalue weighted by Gasteiger charge is 2.23. The highest BCUT2D eigenvalue weighted by Crippen LogP contribution is 2.29. The molecule has 0 amide bonds. The van der Waals surface area contributed by atoms with E-state index in [4.69, 9.17) is 5.73 Å². The van der Waals surface area contributed by atoms with Crippen molar-refractivity contribution in [1.29, 1.82) is 0 Å². The quantitative estimate of drug-likeness (QED) is 0.766. The van der Waals surface area contributed by atoms with Crippen LogP contribution in [-0.2, 0) is 10.8 Å². The molecule has 1 saturated carbocycles. The largest absolute Gasteiger partial charge is 0.330 e. The average molecular weight is 217 g/mol. The molecule has 0 aromatic heterocycles. The topological polar surface area (TPSA) is 43.1 Å². The second kappa shape index (κ2) is 6.57. The minimum Gasteiger partial charge on any atom is -0.330 e. The Balaban J connectivity index is 2.23. The van der Waals surface area contributed by atoms with Crippen LogP contribution < -0.4 is 5.73 Å². The van der Waals surface area contributed by atoms with Crippen molar-refractivity contribution in [1.82, 2.24) is 0 Å². The van der Waals surface area contributed by atoms with E-state index in [2.05, 4.69) is 6.92 Å². The molecule has 1 aliphatic carbocycles. The van der Waals surface area contributed by atoms with Crippen molar-refractivity contribution in [3.8, 4) is 0 Å². The Hall–Kier alpha value is 0.110. The van der Waals surface area contributed by atoms with Crippen molar-refractivity contribution in [2.45, 2.75) is 50.7 Å². The fourth-order valence-electron chi connectivity index (χ4n) is 2.20. The first-order valence-corrected chi connectivity index (χ1v) is 7.23. The molecule has 0 aromatic carbocycles. The van der Waals surface area contributed by atoms with E-state index in [-0.39, 0.29) is 0 Å². The summed E-state index contributed by atoms with van der Waals surface area (Å²) in [6.07, 6.45) is 7.14. The van der Waals surface area contributed by atoms with E-state index in [0.717, 1.165) is 18.1 Å². The molecule has 1 fully saturated rings. The van der Waals surface area contributed by atoms with Gasteiger partial charge in [-0.2, -0.15) is 0 Å². The van der Waals surface area contributed by atoms with Crippen LogP contribution in [-0.4, -0.2) is 21.8 Å². The third-order valence-electron chi connectivity index (χ3n) is 3.29. The summed E-state index contributed by atoms with van der Waals surface area (Å²) in [6, 6.07) is 0. The number of rotatable bonds is 5. The molecular weight excluding hydrogens is 194 g/mol. The number of hydrogen-bond donors (Lipinski definition) is 1. The zero-order valence-electron chi connectivity index (χ0n) is 9.21. The maximum absolute atomic E-state index is 11.8. The van der Waals surface area contributed by atoms with Gasteiger partial charge in [-0.3, -0.25) is 4.21 Å². The normalized spacial score (nSPS) is 30.1. The summed E-state index contributed by atoms with van der Waals surface area (Å²) in [5.74, 6) is 1.72. The summed E-state index contributed by atoms with van der Waals surface area (Å²) in [7, 11) is -0.603. The second-order valence-corrected chi connectivity index (χ2v) is 6.11. The van der Waals surface area contributed by atoms with Crippen LogP contribution in [0.3, 0.4) is 0 Å². The van der Waals surface area contributed by atoms with Gasteiger partial charge >= 0.3 is 0 Å². The Morgan fingerprint density at radius 1 is 1.29 bits per heavy atom. The standard InChI is InChI=1S/C11H23NOS/c1-2-10-4-6-11(7-5-10)14(13)9-3-8-12/h10-11H,2-9,12H2,1H3. The summed E-state index contributed by atoms with van der Waals surface area (Å²) in [6.45, 7) is 2.94. The van der Waals surface area contributed by atoms with E-state index in [9.17, 15) is 4.21 Å². The molecule has 3 heteroatoms. The van der Waals surface area contributed by atoms with E-state index in [1.807, 2.05) is 0 Å². The fourth-order valence-corrected chi connectivity index (χ4v) is 3.78. The molecule has 14 heavy (non-hydrogen) atoms. The highest BCUT2D eigenvalue weighted by atomic mass is 32.2. The lowest BCUT2D eigenvalue weighted by Crippen LogP contribution is -2.25. The molecule has 0 radical (unpaired) electrons. The van der Waals surface area contributed by atoms with Crippen LogP contribution in [0.5, 0.6) is 0 Å². The predicted octanol–water partition coefficient (Wildman–Crippen LogP) is 2.05. The molecule has 0 bridgehead atoms. The van der Waals surface area contributed by atoms with Gasteiger partial charge in [-0.05, 0) is 44.6 Å². The van der Waals surface area contributed by atoms with Gasteiger partial charge in [-0.15, -0.1) is 0 Å². The zero-order chi connectivity index (χ0) is 10.4. The van der Waals surface area contributed by atoms with Gasteiger partial charge in [0.2, 0.25) is 0 Å². The monoisotopic (exact) mass is 217 g/mol. The van der Waals surface area contributed by atoms with Crippen molar-refractivity contribution in [2.75, 3.05) is 12.3 Å². The van der Waals surface area contributed by atoms with E-state index >= 15 is 0 Å². The molecule has 2 N–H and O–H groups in total. The van der Waals surface area contributed by atoms with Crippen molar-refractivity contribution in [3.05, 3.63) is 0 Å². The lowest BCUT2D eigenvalue weighted by molar-refractivity contribution is 0.353. The maximum Gasteiger partial charge on any atom is 0.0348 e. The fraction of sp³-hybridized carbons (Fsp3) is 1.00. The summed E-state index contributed by atoms with van der Waals surface area (Å²) >= 11 is 0. The molecule has 84 valence electrons. The summed E-state index contributed by atoms with van der Waals surface area (Å²) < 4.78 is 11.8. The molecule has 2 nitrogen and oxygen atoms in total. The number of hydrogen-bond acceptors (Lipinski definition) is 2. The minimum atomic E-state index is -0.603. The van der Waals surface area contributed by atoms with Crippen LogP contribution in [0.15, 0.2) is 0 Å². The molecule has 1 aliphatic rings. The smallest absolute Gasteiger partial charge is 0.0348 e. The molecule has 0 aliphatic heterocycles. The zero-order valence-corrected chi connectivity index (χ0v) is 10.0. The predicted molar refractivity (Wildman–Crippen MR) is 62.7 cm³/mol. The first-order valence-electron chi connectivity index (χ1n) is 5.85. The average Bonchev–Trinajstić information content (AvgIpc) is 2.26. The Labute approximate surface area is 90.1 Å². The molecule has 1 rings (SSSR count). The van der Waals surface area contributed by atoms with E-state index in [1.54, 1.807) is 0 Å². The summed E-state index contributed by atoms with van der Waals surface area (Å²) in [5.41, 5.74) is 5.42. The first kappa shape index (κ1) is 12.2. The molecule has 0 saturated heterocycles. The third kappa shape index (κ3) is 3.70. The van der Waals surface area contributed by atoms with Gasteiger partial charge in [-0.1, -0.05) is 13.3 Å². The highest BCUT2D eigenvalue weighted by molar-refractivity contribution is 7.85. The van der Waals surface area contributed by atoms with Crippen LogP contribution in [0.25, 0.3) is 0 Å². The van der Waals surface area contributed by atoms with Gasteiger partial charge in [0.15, 0.2) is 0 Å². The van der Waals surface area contributed by atoms with Gasteiger partial charge in [0.05, 0.1) is 0 Å². The Kier molecular flexibility index (Phi) is 5.71. The molecular formula is C11H23NOS. The summed E-state index contributed by atoms with van der Waals surface area (Å²) in [5, 5.41) is 0.476. The van der Waals surface area contributed by atoms with E-state index in [0.29, 0.717) is 11.8 Å². The molecule has 0 spiro atoms. The lowest BCUT2D eigenvalue weighted by Gasteiger charge is -2.27. The minimum absolute atomic E-state index is 0.476. The van der Waals surface area contributed by atoms with Gasteiger partial charge < -0.3 is 5.73 Å². The summed E-state index contributed by atoms with van der Waals surface area (Å²) in [4.78, 5) is 0.